The van der Waals surface area contributed by atoms with E-state index in [4.69, 9.17) is 9.15 Å². The summed E-state index contributed by atoms with van der Waals surface area (Å²) in [6, 6.07) is 10.8. The van der Waals surface area contributed by atoms with Gasteiger partial charge in [-0.05, 0) is 43.7 Å². The molecule has 7 heteroatoms. The standard InChI is InChI=1S/C22H24N2O4S/c1-14-15(2)29-22(23-21(26)18-7-4-10-28-18)19(14)20(24-8-11-27-12-9-24)16-5-3-6-17(25)13-16/h3-7,10,13,20,25H,8-9,11-12H2,1-2H3,(H,23,26)/p+1/t20-/m0/s1. The molecule has 3 N–H and O–H groups in total. The highest BCUT2D eigenvalue weighted by Crippen LogP contribution is 2.39. The van der Waals surface area contributed by atoms with Gasteiger partial charge in [-0.1, -0.05) is 12.1 Å². The molecule has 1 amide bonds. The number of nitrogens with one attached hydrogen (secondary N) is 2. The summed E-state index contributed by atoms with van der Waals surface area (Å²) in [6.07, 6.45) is 1.49. The van der Waals surface area contributed by atoms with Crippen molar-refractivity contribution in [2.45, 2.75) is 19.9 Å². The first kappa shape index (κ1) is 19.7. The molecule has 29 heavy (non-hydrogen) atoms. The second kappa shape index (κ2) is 8.41. The fourth-order valence-corrected chi connectivity index (χ4v) is 4.98. The van der Waals surface area contributed by atoms with E-state index in [1.54, 1.807) is 29.5 Å². The normalized spacial score (nSPS) is 15.9. The van der Waals surface area contributed by atoms with Crippen LogP contribution in [0.1, 0.15) is 38.2 Å². The molecule has 3 heterocycles. The average Bonchev–Trinajstić information content (AvgIpc) is 3.34. The van der Waals surface area contributed by atoms with Crippen LogP contribution in [0.4, 0.5) is 5.00 Å². The van der Waals surface area contributed by atoms with Crippen LogP contribution in [0.25, 0.3) is 0 Å². The van der Waals surface area contributed by atoms with Crippen LogP contribution in [-0.2, 0) is 4.74 Å². The lowest BCUT2D eigenvalue weighted by Crippen LogP contribution is -3.14. The minimum Gasteiger partial charge on any atom is -0.508 e. The molecule has 1 fully saturated rings. The number of thiophene rings is 1. The maximum absolute atomic E-state index is 12.7. The Hall–Kier alpha value is -2.61. The van der Waals surface area contributed by atoms with Crippen molar-refractivity contribution in [3.63, 3.8) is 0 Å². The van der Waals surface area contributed by atoms with Crippen LogP contribution in [0.2, 0.25) is 0 Å². The SMILES string of the molecule is Cc1sc(NC(=O)c2ccco2)c([C@H](c2cccc(O)c2)[NH+]2CCOCC2)c1C. The van der Waals surface area contributed by atoms with Crippen molar-refractivity contribution in [1.82, 2.24) is 0 Å². The van der Waals surface area contributed by atoms with E-state index in [9.17, 15) is 9.90 Å². The summed E-state index contributed by atoms with van der Waals surface area (Å²) in [5, 5.41) is 14.0. The van der Waals surface area contributed by atoms with E-state index in [-0.39, 0.29) is 23.5 Å². The Labute approximate surface area is 173 Å². The van der Waals surface area contributed by atoms with Gasteiger partial charge in [0.15, 0.2) is 5.76 Å². The van der Waals surface area contributed by atoms with Crippen LogP contribution in [0.5, 0.6) is 5.75 Å². The van der Waals surface area contributed by atoms with Crippen molar-refractivity contribution in [2.75, 3.05) is 31.6 Å². The molecule has 0 radical (unpaired) electrons. The highest BCUT2D eigenvalue weighted by Gasteiger charge is 2.34. The Morgan fingerprint density at radius 1 is 1.21 bits per heavy atom. The van der Waals surface area contributed by atoms with Crippen molar-refractivity contribution in [2.24, 2.45) is 0 Å². The van der Waals surface area contributed by atoms with E-state index in [0.717, 1.165) is 39.7 Å². The lowest BCUT2D eigenvalue weighted by Gasteiger charge is -2.32. The molecule has 0 bridgehead atoms. The van der Waals surface area contributed by atoms with Gasteiger partial charge in [-0.25, -0.2) is 0 Å². The Morgan fingerprint density at radius 3 is 2.69 bits per heavy atom. The Balaban J connectivity index is 1.78. The van der Waals surface area contributed by atoms with Gasteiger partial charge in [0.05, 0.1) is 25.0 Å². The first-order valence-corrected chi connectivity index (χ1v) is 10.5. The van der Waals surface area contributed by atoms with Crippen LogP contribution in [0.15, 0.2) is 47.1 Å². The van der Waals surface area contributed by atoms with Crippen molar-refractivity contribution in [1.29, 1.82) is 0 Å². The smallest absolute Gasteiger partial charge is 0.291 e. The maximum Gasteiger partial charge on any atom is 0.291 e. The summed E-state index contributed by atoms with van der Waals surface area (Å²) in [7, 11) is 0. The van der Waals surface area contributed by atoms with Crippen molar-refractivity contribution >= 4 is 22.2 Å². The topological polar surface area (TPSA) is 76.1 Å². The second-order valence-corrected chi connectivity index (χ2v) is 8.48. The number of quaternary nitrogens is 1. The molecule has 0 unspecified atom stereocenters. The average molecular weight is 414 g/mol. The van der Waals surface area contributed by atoms with Gasteiger partial charge in [0, 0.05) is 10.4 Å². The van der Waals surface area contributed by atoms with Crippen LogP contribution in [-0.4, -0.2) is 37.3 Å². The molecule has 6 nitrogen and oxygen atoms in total. The summed E-state index contributed by atoms with van der Waals surface area (Å²) in [6.45, 7) is 7.28. The fourth-order valence-electron chi connectivity index (χ4n) is 3.89. The quantitative estimate of drug-likeness (QED) is 0.601. The molecule has 0 aliphatic carbocycles. The van der Waals surface area contributed by atoms with Gasteiger partial charge in [-0.15, -0.1) is 11.3 Å². The number of carbonyl (C=O) groups is 1. The van der Waals surface area contributed by atoms with Gasteiger partial charge in [-0.3, -0.25) is 4.79 Å². The number of morpholine rings is 1. The molecule has 1 atom stereocenters. The van der Waals surface area contributed by atoms with Crippen molar-refractivity contribution in [3.05, 3.63) is 70.0 Å². The zero-order valence-electron chi connectivity index (χ0n) is 16.5. The molecule has 2 aromatic heterocycles. The lowest BCUT2D eigenvalue weighted by atomic mass is 9.94. The predicted molar refractivity (Wildman–Crippen MR) is 112 cm³/mol. The number of carbonyl (C=O) groups excluding carboxylic acids is 1. The first-order chi connectivity index (χ1) is 14.0. The number of benzene rings is 1. The highest BCUT2D eigenvalue weighted by molar-refractivity contribution is 7.16. The van der Waals surface area contributed by atoms with E-state index < -0.39 is 0 Å². The zero-order valence-corrected chi connectivity index (χ0v) is 17.3. The molecule has 3 aromatic rings. The van der Waals surface area contributed by atoms with Crippen molar-refractivity contribution < 1.29 is 24.0 Å². The summed E-state index contributed by atoms with van der Waals surface area (Å²) in [4.78, 5) is 15.2. The number of phenolic OH excluding ortho intramolecular Hbond substituents is 1. The number of hydrogen-bond donors (Lipinski definition) is 3. The molecule has 0 saturated carbocycles. The van der Waals surface area contributed by atoms with Gasteiger partial charge in [0.1, 0.15) is 29.9 Å². The fraction of sp³-hybridized carbons (Fsp3) is 0.318. The summed E-state index contributed by atoms with van der Waals surface area (Å²) in [5.74, 6) is 0.266. The van der Waals surface area contributed by atoms with E-state index in [0.29, 0.717) is 13.2 Å². The monoisotopic (exact) mass is 413 g/mol. The van der Waals surface area contributed by atoms with Gasteiger partial charge < -0.3 is 24.5 Å². The van der Waals surface area contributed by atoms with Crippen LogP contribution in [0.3, 0.4) is 0 Å². The number of hydrogen-bond acceptors (Lipinski definition) is 5. The number of furan rings is 1. The van der Waals surface area contributed by atoms with Crippen LogP contribution < -0.4 is 10.2 Å². The van der Waals surface area contributed by atoms with Crippen LogP contribution in [0, 0.1) is 13.8 Å². The number of amides is 1. The number of aromatic hydroxyl groups is 1. The van der Waals surface area contributed by atoms with Gasteiger partial charge >= 0.3 is 0 Å². The Kier molecular flexibility index (Phi) is 5.71. The summed E-state index contributed by atoms with van der Waals surface area (Å²) < 4.78 is 10.8. The Bertz CT molecular complexity index is 990. The number of rotatable bonds is 5. The van der Waals surface area contributed by atoms with E-state index in [2.05, 4.69) is 19.2 Å². The zero-order chi connectivity index (χ0) is 20.4. The van der Waals surface area contributed by atoms with Crippen molar-refractivity contribution in [3.8, 4) is 5.75 Å². The molecule has 0 spiro atoms. The maximum atomic E-state index is 12.7. The first-order valence-electron chi connectivity index (χ1n) is 9.70. The minimum absolute atomic E-state index is 0.0112. The second-order valence-electron chi connectivity index (χ2n) is 7.26. The largest absolute Gasteiger partial charge is 0.508 e. The molecule has 1 saturated heterocycles. The van der Waals surface area contributed by atoms with E-state index in [1.807, 2.05) is 18.2 Å². The molecular weight excluding hydrogens is 388 g/mol. The predicted octanol–water partition coefficient (Wildman–Crippen LogP) is 2.92. The molecule has 4 rings (SSSR count). The third kappa shape index (κ3) is 4.07. The number of aryl methyl sites for hydroxylation is 1. The third-order valence-corrected chi connectivity index (χ3v) is 6.58. The minimum atomic E-state index is -0.260. The molecule has 152 valence electrons. The molecular formula is C22H25N2O4S+. The molecule has 1 aliphatic rings. The summed E-state index contributed by atoms with van der Waals surface area (Å²) >= 11 is 1.58. The van der Waals surface area contributed by atoms with E-state index in [1.165, 1.54) is 11.2 Å². The van der Waals surface area contributed by atoms with Crippen LogP contribution >= 0.6 is 11.3 Å². The van der Waals surface area contributed by atoms with Gasteiger partial charge in [0.2, 0.25) is 0 Å². The lowest BCUT2D eigenvalue weighted by molar-refractivity contribution is -0.933. The highest BCUT2D eigenvalue weighted by atomic mass is 32.1. The van der Waals surface area contributed by atoms with Gasteiger partial charge in [0.25, 0.3) is 5.91 Å². The Morgan fingerprint density at radius 2 is 2.00 bits per heavy atom. The van der Waals surface area contributed by atoms with Gasteiger partial charge in [-0.2, -0.15) is 0 Å². The number of phenols is 1. The number of anilines is 1. The molecule has 1 aromatic carbocycles. The third-order valence-electron chi connectivity index (χ3n) is 5.44. The van der Waals surface area contributed by atoms with E-state index >= 15 is 0 Å². The molecule has 1 aliphatic heterocycles. The summed E-state index contributed by atoms with van der Waals surface area (Å²) in [5.41, 5.74) is 3.28. The number of ether oxygens (including phenoxy) is 1.